The molecule has 0 unspecified atom stereocenters. The van der Waals surface area contributed by atoms with Crippen LogP contribution in [0.4, 0.5) is 4.39 Å². The van der Waals surface area contributed by atoms with Gasteiger partial charge in [0.05, 0.1) is 10.4 Å². The van der Waals surface area contributed by atoms with Crippen molar-refractivity contribution in [3.63, 3.8) is 0 Å². The van der Waals surface area contributed by atoms with E-state index in [4.69, 9.17) is 20.8 Å². The minimum absolute atomic E-state index is 0.191. The fourth-order valence-corrected chi connectivity index (χ4v) is 2.71. The van der Waals surface area contributed by atoms with E-state index in [1.54, 1.807) is 12.1 Å². The van der Waals surface area contributed by atoms with Crippen LogP contribution in [0.5, 0.6) is 5.75 Å². The number of benzene rings is 2. The number of hydrogen-bond donors (Lipinski definition) is 0. The van der Waals surface area contributed by atoms with Gasteiger partial charge in [-0.2, -0.15) is 0 Å². The molecule has 23 heavy (non-hydrogen) atoms. The molecule has 1 aromatic heterocycles. The van der Waals surface area contributed by atoms with Crippen LogP contribution < -0.4 is 10.4 Å². The van der Waals surface area contributed by atoms with Crippen LogP contribution in [0.3, 0.4) is 0 Å². The van der Waals surface area contributed by atoms with E-state index in [1.165, 1.54) is 18.2 Å². The summed E-state index contributed by atoms with van der Waals surface area (Å²) in [5, 5.41) is 1.05. The van der Waals surface area contributed by atoms with Gasteiger partial charge < -0.3 is 9.15 Å². The Balaban J connectivity index is 2.01. The van der Waals surface area contributed by atoms with E-state index in [0.717, 1.165) is 16.5 Å². The first-order chi connectivity index (χ1) is 10.9. The van der Waals surface area contributed by atoms with Crippen LogP contribution in [-0.4, -0.2) is 0 Å². The topological polar surface area (TPSA) is 39.4 Å². The van der Waals surface area contributed by atoms with Crippen LogP contribution in [0, 0.1) is 19.7 Å². The summed E-state index contributed by atoms with van der Waals surface area (Å²) in [6, 6.07) is 9.26. The third kappa shape index (κ3) is 3.22. The summed E-state index contributed by atoms with van der Waals surface area (Å²) in [6.07, 6.45) is 0. The van der Waals surface area contributed by atoms with Crippen LogP contribution in [0.15, 0.2) is 45.6 Å². The number of hydrogen-bond acceptors (Lipinski definition) is 3. The zero-order chi connectivity index (χ0) is 16.6. The number of fused-ring (bicyclic) bond motifs is 1. The predicted octanol–water partition coefficient (Wildman–Crippen LogP) is 4.78. The molecule has 0 saturated heterocycles. The van der Waals surface area contributed by atoms with Gasteiger partial charge in [0.2, 0.25) is 0 Å². The highest BCUT2D eigenvalue weighted by atomic mass is 35.5. The minimum Gasteiger partial charge on any atom is -0.488 e. The Kier molecular flexibility index (Phi) is 4.09. The molecule has 0 aliphatic rings. The Morgan fingerprint density at radius 3 is 2.70 bits per heavy atom. The first-order valence-corrected chi connectivity index (χ1v) is 7.43. The molecule has 0 aliphatic heterocycles. The van der Waals surface area contributed by atoms with Crippen molar-refractivity contribution in [2.24, 2.45) is 0 Å². The summed E-state index contributed by atoms with van der Waals surface area (Å²) in [5.41, 5.74) is 2.45. The lowest BCUT2D eigenvalue weighted by molar-refractivity contribution is 0.309. The van der Waals surface area contributed by atoms with Crippen molar-refractivity contribution in [1.82, 2.24) is 0 Å². The van der Waals surface area contributed by atoms with Gasteiger partial charge in [0, 0.05) is 11.6 Å². The molecule has 0 aliphatic carbocycles. The van der Waals surface area contributed by atoms with Gasteiger partial charge in [0.1, 0.15) is 23.8 Å². The van der Waals surface area contributed by atoms with Crippen molar-refractivity contribution >= 4 is 22.6 Å². The molecule has 0 amide bonds. The number of ether oxygens (including phenoxy) is 1. The molecule has 2 aromatic carbocycles. The monoisotopic (exact) mass is 332 g/mol. The van der Waals surface area contributed by atoms with Crippen molar-refractivity contribution in [3.05, 3.63) is 74.3 Å². The molecule has 118 valence electrons. The van der Waals surface area contributed by atoms with Gasteiger partial charge in [-0.05, 0) is 49.2 Å². The lowest BCUT2D eigenvalue weighted by Gasteiger charge is -2.12. The highest BCUT2D eigenvalue weighted by Gasteiger charge is 2.11. The second kappa shape index (κ2) is 6.05. The van der Waals surface area contributed by atoms with Crippen molar-refractivity contribution in [3.8, 4) is 5.75 Å². The zero-order valence-corrected chi connectivity index (χ0v) is 13.4. The minimum atomic E-state index is -0.395. The molecular weight excluding hydrogens is 319 g/mol. The van der Waals surface area contributed by atoms with E-state index in [9.17, 15) is 9.18 Å². The maximum absolute atomic E-state index is 13.1. The summed E-state index contributed by atoms with van der Waals surface area (Å²) in [4.78, 5) is 11.5. The normalized spacial score (nSPS) is 11.0. The molecule has 3 nitrogen and oxygen atoms in total. The molecular formula is C18H14ClFO3. The first-order valence-electron chi connectivity index (χ1n) is 7.06. The molecule has 0 radical (unpaired) electrons. The average Bonchev–Trinajstić information content (AvgIpc) is 2.44. The molecule has 3 rings (SSSR count). The van der Waals surface area contributed by atoms with Gasteiger partial charge in [0.25, 0.3) is 0 Å². The van der Waals surface area contributed by atoms with Crippen molar-refractivity contribution in [2.75, 3.05) is 0 Å². The quantitative estimate of drug-likeness (QED) is 0.648. The number of halogens is 2. The fraction of sp³-hybridized carbons (Fsp3) is 0.167. The first kappa shape index (κ1) is 15.6. The van der Waals surface area contributed by atoms with Crippen LogP contribution in [0.25, 0.3) is 11.0 Å². The molecule has 0 bridgehead atoms. The highest BCUT2D eigenvalue weighted by Crippen LogP contribution is 2.30. The largest absolute Gasteiger partial charge is 0.488 e. The molecule has 0 saturated carbocycles. The van der Waals surface area contributed by atoms with E-state index in [0.29, 0.717) is 21.9 Å². The van der Waals surface area contributed by atoms with Crippen molar-refractivity contribution in [1.29, 1.82) is 0 Å². The smallest absolute Gasteiger partial charge is 0.336 e. The molecule has 0 N–H and O–H groups in total. The van der Waals surface area contributed by atoms with E-state index in [2.05, 4.69) is 0 Å². The van der Waals surface area contributed by atoms with Crippen LogP contribution in [0.2, 0.25) is 5.02 Å². The fourth-order valence-electron chi connectivity index (χ4n) is 2.49. The second-order valence-corrected chi connectivity index (χ2v) is 5.82. The van der Waals surface area contributed by atoms with Gasteiger partial charge in [-0.15, -0.1) is 0 Å². The van der Waals surface area contributed by atoms with Crippen molar-refractivity contribution in [2.45, 2.75) is 20.5 Å². The van der Waals surface area contributed by atoms with Gasteiger partial charge in [0.15, 0.2) is 0 Å². The standard InChI is InChI=1S/C18H14ClFO3/c1-10-5-15(18-11(2)7-17(21)23-16(18)6-10)22-9-12-3-4-13(20)8-14(12)19/h3-8H,9H2,1-2H3. The van der Waals surface area contributed by atoms with Crippen LogP contribution in [0.1, 0.15) is 16.7 Å². The zero-order valence-electron chi connectivity index (χ0n) is 12.7. The lowest BCUT2D eigenvalue weighted by Crippen LogP contribution is -2.02. The maximum Gasteiger partial charge on any atom is 0.336 e. The molecule has 5 heteroatoms. The predicted molar refractivity (Wildman–Crippen MR) is 87.7 cm³/mol. The highest BCUT2D eigenvalue weighted by molar-refractivity contribution is 6.31. The Morgan fingerprint density at radius 1 is 1.17 bits per heavy atom. The Hall–Kier alpha value is -2.33. The van der Waals surface area contributed by atoms with Crippen LogP contribution in [-0.2, 0) is 6.61 Å². The third-order valence-corrected chi connectivity index (χ3v) is 3.90. The summed E-state index contributed by atoms with van der Waals surface area (Å²) in [6.45, 7) is 3.90. The van der Waals surface area contributed by atoms with Gasteiger partial charge >= 0.3 is 5.63 Å². The van der Waals surface area contributed by atoms with E-state index < -0.39 is 11.4 Å². The SMILES string of the molecule is Cc1cc(OCc2ccc(F)cc2Cl)c2c(C)cc(=O)oc2c1. The summed E-state index contributed by atoms with van der Waals surface area (Å²) in [7, 11) is 0. The molecule has 3 aromatic rings. The molecule has 1 heterocycles. The Bertz CT molecular complexity index is 947. The summed E-state index contributed by atoms with van der Waals surface area (Å²) >= 11 is 6.02. The second-order valence-electron chi connectivity index (χ2n) is 5.41. The van der Waals surface area contributed by atoms with Gasteiger partial charge in [-0.25, -0.2) is 9.18 Å². The number of aryl methyl sites for hydroxylation is 2. The third-order valence-electron chi connectivity index (χ3n) is 3.55. The van der Waals surface area contributed by atoms with Gasteiger partial charge in [-0.3, -0.25) is 0 Å². The van der Waals surface area contributed by atoms with E-state index in [-0.39, 0.29) is 6.61 Å². The Labute approximate surface area is 137 Å². The molecule has 0 spiro atoms. The average molecular weight is 333 g/mol. The van der Waals surface area contributed by atoms with Gasteiger partial charge in [-0.1, -0.05) is 17.7 Å². The maximum atomic E-state index is 13.1. The Morgan fingerprint density at radius 2 is 1.96 bits per heavy atom. The lowest BCUT2D eigenvalue weighted by atomic mass is 10.1. The van der Waals surface area contributed by atoms with Crippen LogP contribution >= 0.6 is 11.6 Å². The molecule has 0 fully saturated rings. The summed E-state index contributed by atoms with van der Waals surface area (Å²) in [5.74, 6) is 0.207. The van der Waals surface area contributed by atoms with Crippen molar-refractivity contribution < 1.29 is 13.5 Å². The van der Waals surface area contributed by atoms with E-state index >= 15 is 0 Å². The van der Waals surface area contributed by atoms with E-state index in [1.807, 2.05) is 19.9 Å². The summed E-state index contributed by atoms with van der Waals surface area (Å²) < 4.78 is 24.2. The number of rotatable bonds is 3. The molecule has 0 atom stereocenters.